The molecular formula is C27H27F3O4. The maximum atomic E-state index is 14.2. The molecule has 0 aromatic heterocycles. The van der Waals surface area contributed by atoms with Crippen LogP contribution in [-0.4, -0.2) is 31.5 Å². The fraction of sp³-hybridized carbons (Fsp3) is 0.296. The molecule has 4 nitrogen and oxygen atoms in total. The number of halogens is 3. The number of carbonyl (C=O) groups is 1. The average molecular weight is 473 g/mol. The van der Waals surface area contributed by atoms with E-state index in [0.717, 1.165) is 23.4 Å². The normalized spacial score (nSPS) is 15.3. The predicted molar refractivity (Wildman–Crippen MR) is 124 cm³/mol. The molecule has 0 unspecified atom stereocenters. The van der Waals surface area contributed by atoms with Gasteiger partial charge in [0.05, 0.1) is 12.7 Å². The van der Waals surface area contributed by atoms with E-state index in [1.807, 2.05) is 42.5 Å². The number of benzene rings is 3. The van der Waals surface area contributed by atoms with Crippen molar-refractivity contribution in [2.45, 2.75) is 43.9 Å². The zero-order valence-corrected chi connectivity index (χ0v) is 19.0. The maximum Gasteiger partial charge on any atom is 0.432 e. The molecular weight excluding hydrogens is 445 g/mol. The van der Waals surface area contributed by atoms with E-state index in [0.29, 0.717) is 0 Å². The summed E-state index contributed by atoms with van der Waals surface area (Å²) in [6, 6.07) is 20.4. The molecule has 0 aliphatic heterocycles. The lowest BCUT2D eigenvalue weighted by Crippen LogP contribution is -2.53. The highest BCUT2D eigenvalue weighted by Crippen LogP contribution is 2.43. The molecule has 0 aliphatic rings. The summed E-state index contributed by atoms with van der Waals surface area (Å²) in [4.78, 5) is 13.0. The molecule has 0 aliphatic carbocycles. The molecule has 0 radical (unpaired) electrons. The van der Waals surface area contributed by atoms with Crippen LogP contribution in [-0.2, 0) is 31.2 Å². The zero-order chi connectivity index (χ0) is 24.8. The van der Waals surface area contributed by atoms with Crippen LogP contribution in [0.25, 0.3) is 10.8 Å². The Hall–Kier alpha value is -3.16. The van der Waals surface area contributed by atoms with Crippen molar-refractivity contribution in [1.29, 1.82) is 0 Å². The van der Waals surface area contributed by atoms with E-state index in [-0.39, 0.29) is 18.6 Å². The van der Waals surface area contributed by atoms with E-state index in [1.165, 1.54) is 30.3 Å². The molecule has 0 bridgehead atoms. The minimum atomic E-state index is -5.05. The molecule has 0 saturated heterocycles. The van der Waals surface area contributed by atoms with Crippen molar-refractivity contribution in [2.24, 2.45) is 0 Å². The van der Waals surface area contributed by atoms with Crippen LogP contribution in [0.4, 0.5) is 13.2 Å². The number of ether oxygens (including phenoxy) is 3. The van der Waals surface area contributed by atoms with Gasteiger partial charge in [0, 0.05) is 19.1 Å². The van der Waals surface area contributed by atoms with Gasteiger partial charge in [-0.3, -0.25) is 0 Å². The second-order valence-corrected chi connectivity index (χ2v) is 7.91. The molecule has 0 fully saturated rings. The van der Waals surface area contributed by atoms with Crippen LogP contribution in [0, 0.1) is 0 Å². The summed E-state index contributed by atoms with van der Waals surface area (Å²) in [6.45, 7) is 5.48. The highest BCUT2D eigenvalue weighted by atomic mass is 19.4. The minimum Gasteiger partial charge on any atom is -0.457 e. The van der Waals surface area contributed by atoms with Gasteiger partial charge in [-0.25, -0.2) is 4.79 Å². The van der Waals surface area contributed by atoms with E-state index in [4.69, 9.17) is 14.2 Å². The van der Waals surface area contributed by atoms with Crippen LogP contribution in [0.2, 0.25) is 0 Å². The highest BCUT2D eigenvalue weighted by Gasteiger charge is 2.64. The minimum absolute atomic E-state index is 0.108. The van der Waals surface area contributed by atoms with Gasteiger partial charge in [-0.1, -0.05) is 72.8 Å². The molecule has 180 valence electrons. The number of carbonyl (C=O) groups excluding carboxylic acids is 1. The Morgan fingerprint density at radius 2 is 1.65 bits per heavy atom. The summed E-state index contributed by atoms with van der Waals surface area (Å²) >= 11 is 0. The Labute approximate surface area is 196 Å². The van der Waals surface area contributed by atoms with Crippen molar-refractivity contribution < 1.29 is 32.2 Å². The number of methoxy groups -OCH3 is 1. The van der Waals surface area contributed by atoms with Crippen molar-refractivity contribution in [3.63, 3.8) is 0 Å². The van der Waals surface area contributed by atoms with E-state index >= 15 is 0 Å². The maximum absolute atomic E-state index is 14.2. The van der Waals surface area contributed by atoms with Gasteiger partial charge in [0.15, 0.2) is 0 Å². The van der Waals surface area contributed by atoms with Gasteiger partial charge < -0.3 is 14.2 Å². The molecule has 0 heterocycles. The molecule has 34 heavy (non-hydrogen) atoms. The van der Waals surface area contributed by atoms with Crippen molar-refractivity contribution in [3.8, 4) is 0 Å². The quantitative estimate of drug-likeness (QED) is 0.255. The third-order valence-corrected chi connectivity index (χ3v) is 5.68. The lowest BCUT2D eigenvalue weighted by molar-refractivity contribution is -0.279. The lowest BCUT2D eigenvalue weighted by atomic mass is 9.92. The number of fused-ring (bicyclic) bond motifs is 1. The molecule has 3 atom stereocenters. The van der Waals surface area contributed by atoms with Crippen LogP contribution >= 0.6 is 0 Å². The summed E-state index contributed by atoms with van der Waals surface area (Å²) in [6.07, 6.45) is -5.16. The number of alkyl halides is 3. The Kier molecular flexibility index (Phi) is 8.12. The third-order valence-electron chi connectivity index (χ3n) is 5.68. The number of hydrogen-bond acceptors (Lipinski definition) is 4. The van der Waals surface area contributed by atoms with Crippen LogP contribution < -0.4 is 0 Å². The summed E-state index contributed by atoms with van der Waals surface area (Å²) < 4.78 is 58.6. The third kappa shape index (κ3) is 5.32. The first kappa shape index (κ1) is 25.5. The molecule has 3 aromatic carbocycles. The van der Waals surface area contributed by atoms with Crippen LogP contribution in [0.1, 0.15) is 24.5 Å². The van der Waals surface area contributed by atoms with E-state index < -0.39 is 30.0 Å². The number of rotatable bonds is 10. The van der Waals surface area contributed by atoms with Crippen LogP contribution in [0.15, 0.2) is 85.5 Å². The molecule has 3 aromatic rings. The Morgan fingerprint density at radius 3 is 2.26 bits per heavy atom. The molecule has 0 spiro atoms. The standard InChI is InChI=1S/C27H27F3O4/c1-4-10-24(19(2)33-18-20-15-16-21-11-8-9-12-22(21)17-20)34-25(31)26(32-3,27(28,29)30)23-13-6-5-7-14-23/h4-9,11-17,19,24H,1,10,18H2,2-3H3/t19-,24-,26-/m0/s1. The van der Waals surface area contributed by atoms with Crippen LogP contribution in [0.5, 0.6) is 0 Å². The fourth-order valence-corrected chi connectivity index (χ4v) is 3.77. The van der Waals surface area contributed by atoms with Crippen LogP contribution in [0.3, 0.4) is 0 Å². The summed E-state index contributed by atoms with van der Waals surface area (Å²) in [5.41, 5.74) is -2.73. The van der Waals surface area contributed by atoms with Gasteiger partial charge in [-0.2, -0.15) is 13.2 Å². The summed E-state index contributed by atoms with van der Waals surface area (Å²) in [7, 11) is 0.837. The number of esters is 1. The second-order valence-electron chi connectivity index (χ2n) is 7.91. The molecule has 0 amide bonds. The van der Waals surface area contributed by atoms with Crippen molar-refractivity contribution in [2.75, 3.05) is 7.11 Å². The first-order valence-electron chi connectivity index (χ1n) is 10.8. The highest BCUT2D eigenvalue weighted by molar-refractivity contribution is 5.83. The van der Waals surface area contributed by atoms with E-state index in [1.54, 1.807) is 13.0 Å². The van der Waals surface area contributed by atoms with Crippen molar-refractivity contribution >= 4 is 16.7 Å². The van der Waals surface area contributed by atoms with Gasteiger partial charge in [-0.15, -0.1) is 6.58 Å². The first-order chi connectivity index (χ1) is 16.2. The second kappa shape index (κ2) is 10.8. The van der Waals surface area contributed by atoms with Gasteiger partial charge in [0.2, 0.25) is 0 Å². The summed E-state index contributed by atoms with van der Waals surface area (Å²) in [5.74, 6) is -1.55. The molecule has 0 N–H and O–H groups in total. The molecule has 3 rings (SSSR count). The van der Waals surface area contributed by atoms with Gasteiger partial charge in [0.1, 0.15) is 6.10 Å². The van der Waals surface area contributed by atoms with Crippen molar-refractivity contribution in [1.82, 2.24) is 0 Å². The Morgan fingerprint density at radius 1 is 1.00 bits per heavy atom. The fourth-order valence-electron chi connectivity index (χ4n) is 3.77. The van der Waals surface area contributed by atoms with Gasteiger partial charge >= 0.3 is 12.1 Å². The van der Waals surface area contributed by atoms with Gasteiger partial charge in [0.25, 0.3) is 5.60 Å². The predicted octanol–water partition coefficient (Wildman–Crippen LogP) is 6.34. The monoisotopic (exact) mass is 472 g/mol. The number of hydrogen-bond donors (Lipinski definition) is 0. The zero-order valence-electron chi connectivity index (χ0n) is 19.0. The Balaban J connectivity index is 1.78. The lowest BCUT2D eigenvalue weighted by Gasteiger charge is -2.34. The first-order valence-corrected chi connectivity index (χ1v) is 10.8. The average Bonchev–Trinajstić information content (AvgIpc) is 2.82. The largest absolute Gasteiger partial charge is 0.457 e. The molecule has 7 heteroatoms. The molecule has 0 saturated carbocycles. The van der Waals surface area contributed by atoms with Gasteiger partial charge in [-0.05, 0) is 29.3 Å². The topological polar surface area (TPSA) is 44.8 Å². The SMILES string of the molecule is C=CC[C@H](OC(=O)[C@@](OC)(c1ccccc1)C(F)(F)F)[C@H](C)OCc1ccc2ccccc2c1. The van der Waals surface area contributed by atoms with E-state index in [2.05, 4.69) is 6.58 Å². The smallest absolute Gasteiger partial charge is 0.432 e. The summed E-state index contributed by atoms with van der Waals surface area (Å²) in [5, 5.41) is 2.13. The van der Waals surface area contributed by atoms with E-state index in [9.17, 15) is 18.0 Å². The Bertz CT molecular complexity index is 1110. The van der Waals surface area contributed by atoms with Crippen molar-refractivity contribution in [3.05, 3.63) is 96.6 Å².